The van der Waals surface area contributed by atoms with Crippen molar-refractivity contribution < 1.29 is 4.79 Å². The molecule has 1 aromatic heterocycles. The summed E-state index contributed by atoms with van der Waals surface area (Å²) in [6.07, 6.45) is 0. The zero-order chi connectivity index (χ0) is 11.4. The van der Waals surface area contributed by atoms with Gasteiger partial charge in [0.1, 0.15) is 0 Å². The molecule has 5 heteroatoms. The van der Waals surface area contributed by atoms with E-state index in [0.717, 1.165) is 32.7 Å². The van der Waals surface area contributed by atoms with Crippen molar-refractivity contribution in [2.24, 2.45) is 5.73 Å². The maximum absolute atomic E-state index is 11.4. The first-order valence-corrected chi connectivity index (χ1v) is 6.45. The van der Waals surface area contributed by atoms with E-state index in [-0.39, 0.29) is 12.5 Å². The Bertz CT molecular complexity index is 331. The summed E-state index contributed by atoms with van der Waals surface area (Å²) < 4.78 is 0. The van der Waals surface area contributed by atoms with Crippen LogP contribution in [0.25, 0.3) is 0 Å². The first-order valence-electron chi connectivity index (χ1n) is 5.51. The lowest BCUT2D eigenvalue weighted by atomic mass is 10.2. The largest absolute Gasteiger partial charge is 0.339 e. The van der Waals surface area contributed by atoms with Crippen molar-refractivity contribution in [3.05, 3.63) is 22.4 Å². The molecule has 0 saturated carbocycles. The molecule has 1 saturated heterocycles. The van der Waals surface area contributed by atoms with Crippen LogP contribution in [0.15, 0.2) is 16.8 Å². The summed E-state index contributed by atoms with van der Waals surface area (Å²) in [6.45, 7) is 4.63. The van der Waals surface area contributed by atoms with E-state index in [1.54, 1.807) is 11.3 Å². The highest BCUT2D eigenvalue weighted by Crippen LogP contribution is 2.11. The summed E-state index contributed by atoms with van der Waals surface area (Å²) >= 11 is 1.73. The van der Waals surface area contributed by atoms with Crippen molar-refractivity contribution in [2.75, 3.05) is 32.7 Å². The van der Waals surface area contributed by atoms with Gasteiger partial charge in [0.25, 0.3) is 0 Å². The number of piperazine rings is 1. The maximum atomic E-state index is 11.4. The van der Waals surface area contributed by atoms with Crippen LogP contribution in [-0.4, -0.2) is 48.4 Å². The minimum absolute atomic E-state index is 0.0650. The Morgan fingerprint density at radius 2 is 2.12 bits per heavy atom. The van der Waals surface area contributed by atoms with Crippen molar-refractivity contribution >= 4 is 17.2 Å². The summed E-state index contributed by atoms with van der Waals surface area (Å²) in [4.78, 5) is 15.6. The van der Waals surface area contributed by atoms with E-state index in [1.807, 2.05) is 4.90 Å². The van der Waals surface area contributed by atoms with E-state index >= 15 is 0 Å². The zero-order valence-corrected chi connectivity index (χ0v) is 10.1. The van der Waals surface area contributed by atoms with Gasteiger partial charge in [0.15, 0.2) is 0 Å². The SMILES string of the molecule is NCC(=O)N1CCN(Cc2ccsc2)CC1. The number of hydrogen-bond acceptors (Lipinski definition) is 4. The average molecular weight is 239 g/mol. The summed E-state index contributed by atoms with van der Waals surface area (Å²) in [5.41, 5.74) is 6.71. The van der Waals surface area contributed by atoms with Crippen molar-refractivity contribution in [3.8, 4) is 0 Å². The molecule has 0 aromatic carbocycles. The molecule has 1 fully saturated rings. The maximum Gasteiger partial charge on any atom is 0.236 e. The third-order valence-electron chi connectivity index (χ3n) is 2.89. The fraction of sp³-hybridized carbons (Fsp3) is 0.545. The number of nitrogens with two attached hydrogens (primary N) is 1. The van der Waals surface area contributed by atoms with Gasteiger partial charge in [0, 0.05) is 32.7 Å². The summed E-state index contributed by atoms with van der Waals surface area (Å²) in [7, 11) is 0. The van der Waals surface area contributed by atoms with E-state index in [2.05, 4.69) is 21.7 Å². The first-order chi connectivity index (χ1) is 7.79. The highest BCUT2D eigenvalue weighted by Gasteiger charge is 2.19. The van der Waals surface area contributed by atoms with Crippen LogP contribution in [-0.2, 0) is 11.3 Å². The predicted molar refractivity (Wildman–Crippen MR) is 65.2 cm³/mol. The van der Waals surface area contributed by atoms with Gasteiger partial charge in [-0.3, -0.25) is 9.69 Å². The van der Waals surface area contributed by atoms with Gasteiger partial charge in [0.2, 0.25) is 5.91 Å². The molecule has 0 atom stereocenters. The van der Waals surface area contributed by atoms with Crippen molar-refractivity contribution in [2.45, 2.75) is 6.54 Å². The Balaban J connectivity index is 1.79. The summed E-state index contributed by atoms with van der Waals surface area (Å²) in [6, 6.07) is 2.15. The van der Waals surface area contributed by atoms with Crippen LogP contribution in [0.5, 0.6) is 0 Å². The molecule has 2 rings (SSSR count). The lowest BCUT2D eigenvalue weighted by Crippen LogP contribution is -2.49. The molecular weight excluding hydrogens is 222 g/mol. The quantitative estimate of drug-likeness (QED) is 0.828. The van der Waals surface area contributed by atoms with Gasteiger partial charge in [-0.1, -0.05) is 0 Å². The second kappa shape index (κ2) is 5.43. The smallest absolute Gasteiger partial charge is 0.236 e. The molecule has 0 radical (unpaired) electrons. The van der Waals surface area contributed by atoms with Crippen LogP contribution in [0.2, 0.25) is 0 Å². The van der Waals surface area contributed by atoms with Gasteiger partial charge in [-0.2, -0.15) is 11.3 Å². The molecule has 0 spiro atoms. The van der Waals surface area contributed by atoms with Crippen LogP contribution < -0.4 is 5.73 Å². The van der Waals surface area contributed by atoms with Gasteiger partial charge < -0.3 is 10.6 Å². The van der Waals surface area contributed by atoms with Crippen molar-refractivity contribution in [3.63, 3.8) is 0 Å². The van der Waals surface area contributed by atoms with Gasteiger partial charge >= 0.3 is 0 Å². The Kier molecular flexibility index (Phi) is 3.93. The molecule has 0 unspecified atom stereocenters. The van der Waals surface area contributed by atoms with Crippen LogP contribution in [0.3, 0.4) is 0 Å². The Hall–Kier alpha value is -0.910. The second-order valence-corrected chi connectivity index (χ2v) is 4.77. The number of nitrogens with zero attached hydrogens (tertiary/aromatic N) is 2. The number of rotatable bonds is 3. The third kappa shape index (κ3) is 2.81. The van der Waals surface area contributed by atoms with Crippen LogP contribution in [0, 0.1) is 0 Å². The number of carbonyl (C=O) groups is 1. The Morgan fingerprint density at radius 3 is 2.69 bits per heavy atom. The van der Waals surface area contributed by atoms with E-state index in [9.17, 15) is 4.79 Å². The Labute approximate surface area is 99.6 Å². The molecule has 1 aliphatic heterocycles. The predicted octanol–water partition coefficient (Wildman–Crippen LogP) is 0.351. The number of hydrogen-bond donors (Lipinski definition) is 1. The standard InChI is InChI=1S/C11H17N3OS/c12-7-11(15)14-4-2-13(3-5-14)8-10-1-6-16-9-10/h1,6,9H,2-5,7-8,12H2. The number of thiophene rings is 1. The Morgan fingerprint density at radius 1 is 1.38 bits per heavy atom. The molecule has 16 heavy (non-hydrogen) atoms. The molecule has 0 bridgehead atoms. The van der Waals surface area contributed by atoms with Crippen LogP contribution in [0.4, 0.5) is 0 Å². The molecule has 4 nitrogen and oxygen atoms in total. The molecule has 1 amide bonds. The topological polar surface area (TPSA) is 49.6 Å². The molecule has 1 aliphatic rings. The number of amides is 1. The summed E-state index contributed by atoms with van der Waals surface area (Å²) in [5.74, 6) is 0.0650. The van der Waals surface area contributed by atoms with Gasteiger partial charge in [0.05, 0.1) is 6.54 Å². The van der Waals surface area contributed by atoms with Gasteiger partial charge in [-0.05, 0) is 22.4 Å². The van der Waals surface area contributed by atoms with E-state index in [0.29, 0.717) is 0 Å². The van der Waals surface area contributed by atoms with Gasteiger partial charge in [-0.15, -0.1) is 0 Å². The first kappa shape index (κ1) is 11.6. The monoisotopic (exact) mass is 239 g/mol. The summed E-state index contributed by atoms with van der Waals surface area (Å²) in [5, 5.41) is 4.28. The molecule has 2 N–H and O–H groups in total. The fourth-order valence-corrected chi connectivity index (χ4v) is 2.59. The molecule has 1 aromatic rings. The lowest BCUT2D eigenvalue weighted by Gasteiger charge is -2.34. The highest BCUT2D eigenvalue weighted by molar-refractivity contribution is 7.07. The molecule has 0 aliphatic carbocycles. The minimum Gasteiger partial charge on any atom is -0.339 e. The van der Waals surface area contributed by atoms with E-state index in [4.69, 9.17) is 5.73 Å². The molecule has 88 valence electrons. The lowest BCUT2D eigenvalue weighted by molar-refractivity contribution is -0.131. The average Bonchev–Trinajstić information content (AvgIpc) is 2.82. The molecule has 2 heterocycles. The fourth-order valence-electron chi connectivity index (χ4n) is 1.93. The second-order valence-electron chi connectivity index (χ2n) is 3.99. The zero-order valence-electron chi connectivity index (χ0n) is 9.26. The third-order valence-corrected chi connectivity index (χ3v) is 3.62. The minimum atomic E-state index is 0.0650. The number of carbonyl (C=O) groups excluding carboxylic acids is 1. The van der Waals surface area contributed by atoms with Crippen LogP contribution in [0.1, 0.15) is 5.56 Å². The van der Waals surface area contributed by atoms with E-state index < -0.39 is 0 Å². The van der Waals surface area contributed by atoms with Crippen molar-refractivity contribution in [1.82, 2.24) is 9.80 Å². The molecular formula is C11H17N3OS. The normalized spacial score (nSPS) is 17.7. The van der Waals surface area contributed by atoms with Gasteiger partial charge in [-0.25, -0.2) is 0 Å². The highest BCUT2D eigenvalue weighted by atomic mass is 32.1. The van der Waals surface area contributed by atoms with Crippen LogP contribution >= 0.6 is 11.3 Å². The van der Waals surface area contributed by atoms with E-state index in [1.165, 1.54) is 5.56 Å². The van der Waals surface area contributed by atoms with Crippen molar-refractivity contribution in [1.29, 1.82) is 0 Å².